The first kappa shape index (κ1) is 19.8. The third-order valence-electron chi connectivity index (χ3n) is 5.81. The normalized spacial score (nSPS) is 19.0. The minimum Gasteiger partial charge on any atom is -0.493 e. The van der Waals surface area contributed by atoms with Gasteiger partial charge in [-0.25, -0.2) is 0 Å². The van der Waals surface area contributed by atoms with Gasteiger partial charge in [0.05, 0.1) is 21.3 Å². The van der Waals surface area contributed by atoms with Crippen LogP contribution in [0.1, 0.15) is 42.5 Å². The van der Waals surface area contributed by atoms with E-state index < -0.39 is 0 Å². The summed E-state index contributed by atoms with van der Waals surface area (Å²) in [6.45, 7) is 4.62. The van der Waals surface area contributed by atoms with Crippen molar-refractivity contribution < 1.29 is 19.0 Å². The van der Waals surface area contributed by atoms with Crippen LogP contribution >= 0.6 is 0 Å². The minimum absolute atomic E-state index is 0.0200. The molecule has 1 saturated heterocycles. The zero-order valence-corrected chi connectivity index (χ0v) is 16.8. The second kappa shape index (κ2) is 9.31. The number of methoxy groups -OCH3 is 3. The van der Waals surface area contributed by atoms with Crippen LogP contribution < -0.4 is 14.2 Å². The van der Waals surface area contributed by atoms with Crippen molar-refractivity contribution in [1.82, 2.24) is 9.80 Å². The van der Waals surface area contributed by atoms with Gasteiger partial charge in [0.15, 0.2) is 11.5 Å². The molecule has 1 aliphatic heterocycles. The monoisotopic (exact) mass is 376 g/mol. The zero-order chi connectivity index (χ0) is 19.2. The Morgan fingerprint density at radius 2 is 1.52 bits per heavy atom. The van der Waals surface area contributed by atoms with Crippen LogP contribution in [0.2, 0.25) is 0 Å². The summed E-state index contributed by atoms with van der Waals surface area (Å²) in [7, 11) is 4.69. The molecule has 0 atom stereocenters. The lowest BCUT2D eigenvalue weighted by Gasteiger charge is -2.37. The van der Waals surface area contributed by atoms with Crippen LogP contribution in [0.25, 0.3) is 0 Å². The molecule has 1 aromatic carbocycles. The Hall–Kier alpha value is -1.95. The second-order valence-corrected chi connectivity index (χ2v) is 7.51. The summed E-state index contributed by atoms with van der Waals surface area (Å²) < 4.78 is 16.1. The summed E-state index contributed by atoms with van der Waals surface area (Å²) in [5, 5.41) is 0. The van der Waals surface area contributed by atoms with Gasteiger partial charge in [0.2, 0.25) is 5.75 Å². The first-order chi connectivity index (χ1) is 13.2. The molecule has 2 aliphatic rings. The summed E-state index contributed by atoms with van der Waals surface area (Å²) in [6.07, 6.45) is 6.89. The number of hydrogen-bond donors (Lipinski definition) is 0. The number of carbonyl (C=O) groups is 1. The van der Waals surface area contributed by atoms with Gasteiger partial charge < -0.3 is 19.1 Å². The average molecular weight is 376 g/mol. The van der Waals surface area contributed by atoms with Crippen LogP contribution in [0.3, 0.4) is 0 Å². The number of benzene rings is 1. The Labute approximate surface area is 162 Å². The summed E-state index contributed by atoms with van der Waals surface area (Å²) in [4.78, 5) is 17.4. The fourth-order valence-corrected chi connectivity index (χ4v) is 4.26. The second-order valence-electron chi connectivity index (χ2n) is 7.51. The van der Waals surface area contributed by atoms with Crippen molar-refractivity contribution in [3.63, 3.8) is 0 Å². The van der Waals surface area contributed by atoms with Crippen molar-refractivity contribution in [3.8, 4) is 17.2 Å². The maximum atomic E-state index is 13.0. The maximum Gasteiger partial charge on any atom is 0.254 e. The van der Waals surface area contributed by atoms with Crippen LogP contribution in [0.15, 0.2) is 12.1 Å². The lowest BCUT2D eigenvalue weighted by atomic mass is 9.89. The number of piperazine rings is 1. The predicted molar refractivity (Wildman–Crippen MR) is 105 cm³/mol. The van der Waals surface area contributed by atoms with Gasteiger partial charge in [0.1, 0.15) is 0 Å². The molecular formula is C21H32N2O4. The largest absolute Gasteiger partial charge is 0.493 e. The highest BCUT2D eigenvalue weighted by Crippen LogP contribution is 2.38. The number of rotatable bonds is 6. The van der Waals surface area contributed by atoms with Crippen LogP contribution in [-0.2, 0) is 0 Å². The van der Waals surface area contributed by atoms with E-state index in [4.69, 9.17) is 14.2 Å². The molecule has 6 heteroatoms. The van der Waals surface area contributed by atoms with Crippen molar-refractivity contribution in [1.29, 1.82) is 0 Å². The highest BCUT2D eigenvalue weighted by Gasteiger charge is 2.26. The van der Waals surface area contributed by atoms with Crippen LogP contribution in [0.4, 0.5) is 0 Å². The van der Waals surface area contributed by atoms with Gasteiger partial charge in [0.25, 0.3) is 5.91 Å². The molecular weight excluding hydrogens is 344 g/mol. The summed E-state index contributed by atoms with van der Waals surface area (Å²) in [6, 6.07) is 3.47. The third-order valence-corrected chi connectivity index (χ3v) is 5.81. The third kappa shape index (κ3) is 4.67. The van der Waals surface area contributed by atoms with Crippen LogP contribution in [0.5, 0.6) is 17.2 Å². The van der Waals surface area contributed by atoms with Crippen molar-refractivity contribution in [2.24, 2.45) is 5.92 Å². The Kier molecular flexibility index (Phi) is 6.83. The SMILES string of the molecule is COc1cc(C(=O)N2CCN(CC3CCCCC3)CC2)cc(OC)c1OC. The van der Waals surface area contributed by atoms with E-state index in [1.165, 1.54) is 38.6 Å². The summed E-state index contributed by atoms with van der Waals surface area (Å²) >= 11 is 0. The van der Waals surface area contributed by atoms with E-state index in [-0.39, 0.29) is 5.91 Å². The molecule has 3 rings (SSSR count). The Morgan fingerprint density at radius 3 is 2.04 bits per heavy atom. The van der Waals surface area contributed by atoms with Crippen molar-refractivity contribution >= 4 is 5.91 Å². The fourth-order valence-electron chi connectivity index (χ4n) is 4.26. The molecule has 1 saturated carbocycles. The molecule has 1 amide bonds. The first-order valence-corrected chi connectivity index (χ1v) is 9.98. The van der Waals surface area contributed by atoms with E-state index in [0.717, 1.165) is 32.1 Å². The maximum absolute atomic E-state index is 13.0. The zero-order valence-electron chi connectivity index (χ0n) is 16.8. The van der Waals surface area contributed by atoms with E-state index in [9.17, 15) is 4.79 Å². The van der Waals surface area contributed by atoms with Gasteiger partial charge in [-0.15, -0.1) is 0 Å². The number of hydrogen-bond acceptors (Lipinski definition) is 5. The molecule has 0 bridgehead atoms. The Bertz CT molecular complexity index is 610. The van der Waals surface area contributed by atoms with Crippen molar-refractivity contribution in [3.05, 3.63) is 17.7 Å². The number of nitrogens with zero attached hydrogens (tertiary/aromatic N) is 2. The highest BCUT2D eigenvalue weighted by molar-refractivity contribution is 5.95. The summed E-state index contributed by atoms with van der Waals surface area (Å²) in [5.74, 6) is 2.39. The highest BCUT2D eigenvalue weighted by atomic mass is 16.5. The van der Waals surface area contributed by atoms with Crippen molar-refractivity contribution in [2.75, 3.05) is 54.1 Å². The van der Waals surface area contributed by atoms with Gasteiger partial charge >= 0.3 is 0 Å². The van der Waals surface area contributed by atoms with Gasteiger partial charge in [-0.3, -0.25) is 9.69 Å². The topological polar surface area (TPSA) is 51.2 Å². The molecule has 27 heavy (non-hydrogen) atoms. The average Bonchev–Trinajstić information content (AvgIpc) is 2.73. The van der Waals surface area contributed by atoms with E-state index in [0.29, 0.717) is 22.8 Å². The number of ether oxygens (including phenoxy) is 3. The molecule has 0 spiro atoms. The molecule has 1 aromatic rings. The van der Waals surface area contributed by atoms with E-state index >= 15 is 0 Å². The Morgan fingerprint density at radius 1 is 0.926 bits per heavy atom. The number of amides is 1. The smallest absolute Gasteiger partial charge is 0.254 e. The van der Waals surface area contributed by atoms with Crippen molar-refractivity contribution in [2.45, 2.75) is 32.1 Å². The first-order valence-electron chi connectivity index (χ1n) is 9.98. The minimum atomic E-state index is 0.0200. The molecule has 0 N–H and O–H groups in total. The lowest BCUT2D eigenvalue weighted by Crippen LogP contribution is -2.49. The predicted octanol–water partition coefficient (Wildman–Crippen LogP) is 3.05. The Balaban J connectivity index is 1.62. The molecule has 0 aromatic heterocycles. The standard InChI is InChI=1S/C21H32N2O4/c1-25-18-13-17(14-19(26-2)20(18)27-3)21(24)23-11-9-22(10-12-23)15-16-7-5-4-6-8-16/h13-14,16H,4-12,15H2,1-3H3. The summed E-state index contributed by atoms with van der Waals surface area (Å²) in [5.41, 5.74) is 0.574. The molecule has 1 aliphatic carbocycles. The van der Waals surface area contributed by atoms with Gasteiger partial charge in [0, 0.05) is 38.3 Å². The lowest BCUT2D eigenvalue weighted by molar-refractivity contribution is 0.0605. The molecule has 150 valence electrons. The van der Waals surface area contributed by atoms with E-state index in [2.05, 4.69) is 4.90 Å². The van der Waals surface area contributed by atoms with Gasteiger partial charge in [-0.2, -0.15) is 0 Å². The molecule has 1 heterocycles. The molecule has 0 radical (unpaired) electrons. The van der Waals surface area contributed by atoms with Gasteiger partial charge in [-0.1, -0.05) is 19.3 Å². The molecule has 2 fully saturated rings. The fraction of sp³-hybridized carbons (Fsp3) is 0.667. The number of carbonyl (C=O) groups excluding carboxylic acids is 1. The van der Waals surface area contributed by atoms with Crippen LogP contribution in [-0.4, -0.2) is 69.8 Å². The quantitative estimate of drug-likeness (QED) is 0.764. The molecule has 0 unspecified atom stereocenters. The van der Waals surface area contributed by atoms with Gasteiger partial charge in [-0.05, 0) is 30.9 Å². The van der Waals surface area contributed by atoms with E-state index in [1.54, 1.807) is 33.5 Å². The van der Waals surface area contributed by atoms with Crippen LogP contribution in [0, 0.1) is 5.92 Å². The molecule has 6 nitrogen and oxygen atoms in total. The van der Waals surface area contributed by atoms with E-state index in [1.807, 2.05) is 4.90 Å².